The molecule has 3 unspecified atom stereocenters. The zero-order valence-electron chi connectivity index (χ0n) is 12.6. The number of halogens is 1. The van der Waals surface area contributed by atoms with E-state index < -0.39 is 0 Å². The summed E-state index contributed by atoms with van der Waals surface area (Å²) in [5.41, 5.74) is 7.48. The van der Waals surface area contributed by atoms with E-state index in [0.29, 0.717) is 5.92 Å². The van der Waals surface area contributed by atoms with Crippen LogP contribution < -0.4 is 5.73 Å². The van der Waals surface area contributed by atoms with E-state index in [2.05, 4.69) is 38.8 Å². The minimum Gasteiger partial charge on any atom is -0.326 e. The third-order valence-electron chi connectivity index (χ3n) is 3.87. The van der Waals surface area contributed by atoms with Gasteiger partial charge < -0.3 is 5.73 Å². The number of hydrogen-bond donors (Lipinski definition) is 1. The van der Waals surface area contributed by atoms with Gasteiger partial charge in [0, 0.05) is 17.6 Å². The highest BCUT2D eigenvalue weighted by molar-refractivity contribution is 6.31. The SMILES string of the molecule is CCC(C)CN(C)C(c1ccccc1Cl)C(N)CC. The third-order valence-corrected chi connectivity index (χ3v) is 4.22. The van der Waals surface area contributed by atoms with E-state index >= 15 is 0 Å². The topological polar surface area (TPSA) is 29.3 Å². The number of nitrogens with two attached hydrogens (primary N) is 1. The molecule has 0 amide bonds. The molecule has 3 heteroatoms. The molecular formula is C16H27ClN2. The van der Waals surface area contributed by atoms with Gasteiger partial charge >= 0.3 is 0 Å². The molecule has 0 aliphatic carbocycles. The van der Waals surface area contributed by atoms with E-state index in [-0.39, 0.29) is 12.1 Å². The Balaban J connectivity index is 2.98. The highest BCUT2D eigenvalue weighted by Crippen LogP contribution is 2.30. The van der Waals surface area contributed by atoms with E-state index in [0.717, 1.165) is 23.6 Å². The Morgan fingerprint density at radius 1 is 1.21 bits per heavy atom. The van der Waals surface area contributed by atoms with Crippen LogP contribution in [0.1, 0.15) is 45.2 Å². The maximum Gasteiger partial charge on any atom is 0.0511 e. The second-order valence-corrected chi connectivity index (χ2v) is 5.90. The molecule has 0 fully saturated rings. The van der Waals surface area contributed by atoms with Crippen molar-refractivity contribution in [3.8, 4) is 0 Å². The molecule has 3 atom stereocenters. The van der Waals surface area contributed by atoms with E-state index in [4.69, 9.17) is 17.3 Å². The van der Waals surface area contributed by atoms with Gasteiger partial charge in [0.25, 0.3) is 0 Å². The maximum atomic E-state index is 6.35. The summed E-state index contributed by atoms with van der Waals surface area (Å²) in [5.74, 6) is 0.666. The number of likely N-dealkylation sites (N-methyl/N-ethyl adjacent to an activating group) is 1. The van der Waals surface area contributed by atoms with Gasteiger partial charge in [-0.3, -0.25) is 4.90 Å². The monoisotopic (exact) mass is 282 g/mol. The summed E-state index contributed by atoms with van der Waals surface area (Å²) < 4.78 is 0. The molecule has 0 saturated heterocycles. The highest BCUT2D eigenvalue weighted by Gasteiger charge is 2.25. The van der Waals surface area contributed by atoms with Crippen LogP contribution in [-0.4, -0.2) is 24.5 Å². The molecule has 0 spiro atoms. The van der Waals surface area contributed by atoms with Crippen molar-refractivity contribution in [2.24, 2.45) is 11.7 Å². The fraction of sp³-hybridized carbons (Fsp3) is 0.625. The number of benzene rings is 1. The number of nitrogens with zero attached hydrogens (tertiary/aromatic N) is 1. The van der Waals surface area contributed by atoms with Crippen LogP contribution >= 0.6 is 11.6 Å². The van der Waals surface area contributed by atoms with Crippen LogP contribution in [0.5, 0.6) is 0 Å². The van der Waals surface area contributed by atoms with Crippen molar-refractivity contribution in [2.75, 3.05) is 13.6 Å². The van der Waals surface area contributed by atoms with Crippen LogP contribution in [0, 0.1) is 5.92 Å². The second kappa shape index (κ2) is 7.88. The van der Waals surface area contributed by atoms with Crippen molar-refractivity contribution < 1.29 is 0 Å². The molecular weight excluding hydrogens is 256 g/mol. The third kappa shape index (κ3) is 4.48. The van der Waals surface area contributed by atoms with Gasteiger partial charge in [0.2, 0.25) is 0 Å². The standard InChI is InChI=1S/C16H27ClN2/c1-5-12(3)11-19(4)16(15(18)6-2)13-9-7-8-10-14(13)17/h7-10,12,15-16H,5-6,11,18H2,1-4H3. The van der Waals surface area contributed by atoms with Crippen molar-refractivity contribution in [3.05, 3.63) is 34.9 Å². The first-order valence-electron chi connectivity index (χ1n) is 7.21. The number of hydrogen-bond acceptors (Lipinski definition) is 2. The lowest BCUT2D eigenvalue weighted by Crippen LogP contribution is -2.40. The normalized spacial score (nSPS) is 16.4. The van der Waals surface area contributed by atoms with Crippen molar-refractivity contribution >= 4 is 11.6 Å². The molecule has 2 nitrogen and oxygen atoms in total. The highest BCUT2D eigenvalue weighted by atomic mass is 35.5. The minimum atomic E-state index is 0.106. The van der Waals surface area contributed by atoms with Crippen LogP contribution in [0.2, 0.25) is 5.02 Å². The molecule has 0 heterocycles. The predicted octanol–water partition coefficient (Wildman–Crippen LogP) is 4.10. The molecule has 0 aliphatic rings. The van der Waals surface area contributed by atoms with Gasteiger partial charge in [-0.15, -0.1) is 0 Å². The van der Waals surface area contributed by atoms with Crippen LogP contribution in [0.4, 0.5) is 0 Å². The van der Waals surface area contributed by atoms with Gasteiger partial charge in [0.15, 0.2) is 0 Å². The lowest BCUT2D eigenvalue weighted by molar-refractivity contribution is 0.183. The zero-order valence-corrected chi connectivity index (χ0v) is 13.3. The summed E-state index contributed by atoms with van der Waals surface area (Å²) in [6.45, 7) is 7.67. The zero-order chi connectivity index (χ0) is 14.4. The van der Waals surface area contributed by atoms with Crippen LogP contribution in [0.3, 0.4) is 0 Å². The second-order valence-electron chi connectivity index (χ2n) is 5.49. The van der Waals surface area contributed by atoms with Gasteiger partial charge in [0.1, 0.15) is 0 Å². The first kappa shape index (κ1) is 16.5. The molecule has 0 aliphatic heterocycles. The molecule has 0 bridgehead atoms. The van der Waals surface area contributed by atoms with Gasteiger partial charge in [0.05, 0.1) is 6.04 Å². The molecule has 1 aromatic rings. The molecule has 2 N–H and O–H groups in total. The Bertz CT molecular complexity index is 381. The fourth-order valence-corrected chi connectivity index (χ4v) is 2.71. The summed E-state index contributed by atoms with van der Waals surface area (Å²) in [4.78, 5) is 2.35. The van der Waals surface area contributed by atoms with Crippen LogP contribution in [-0.2, 0) is 0 Å². The van der Waals surface area contributed by atoms with Crippen LogP contribution in [0.25, 0.3) is 0 Å². The summed E-state index contributed by atoms with van der Waals surface area (Å²) in [5, 5.41) is 0.812. The maximum absolute atomic E-state index is 6.35. The Hall–Kier alpha value is -0.570. The average Bonchev–Trinajstić information content (AvgIpc) is 2.40. The van der Waals surface area contributed by atoms with E-state index in [1.807, 2.05) is 18.2 Å². The molecule has 0 aromatic heterocycles. The molecule has 19 heavy (non-hydrogen) atoms. The Morgan fingerprint density at radius 3 is 2.37 bits per heavy atom. The van der Waals surface area contributed by atoms with E-state index in [9.17, 15) is 0 Å². The Kier molecular flexibility index (Phi) is 6.84. The molecule has 1 aromatic carbocycles. The minimum absolute atomic E-state index is 0.106. The smallest absolute Gasteiger partial charge is 0.0511 e. The van der Waals surface area contributed by atoms with E-state index in [1.54, 1.807) is 0 Å². The van der Waals surface area contributed by atoms with Crippen molar-refractivity contribution in [3.63, 3.8) is 0 Å². The van der Waals surface area contributed by atoms with Crippen molar-refractivity contribution in [1.29, 1.82) is 0 Å². The van der Waals surface area contributed by atoms with Gasteiger partial charge in [-0.25, -0.2) is 0 Å². The number of rotatable bonds is 7. The first-order chi connectivity index (χ1) is 9.01. The molecule has 1 rings (SSSR count). The quantitative estimate of drug-likeness (QED) is 0.816. The van der Waals surface area contributed by atoms with E-state index in [1.165, 1.54) is 6.42 Å². The average molecular weight is 283 g/mol. The summed E-state index contributed by atoms with van der Waals surface area (Å²) in [7, 11) is 2.15. The Morgan fingerprint density at radius 2 is 1.84 bits per heavy atom. The van der Waals surface area contributed by atoms with Crippen molar-refractivity contribution in [2.45, 2.75) is 45.7 Å². The van der Waals surface area contributed by atoms with Gasteiger partial charge in [-0.2, -0.15) is 0 Å². The Labute approximate surface area is 122 Å². The van der Waals surface area contributed by atoms with Gasteiger partial charge in [-0.1, -0.05) is 57.0 Å². The predicted molar refractivity (Wildman–Crippen MR) is 84.5 cm³/mol. The van der Waals surface area contributed by atoms with Gasteiger partial charge in [-0.05, 0) is 31.0 Å². The van der Waals surface area contributed by atoms with Crippen molar-refractivity contribution in [1.82, 2.24) is 4.90 Å². The lowest BCUT2D eigenvalue weighted by Gasteiger charge is -2.34. The summed E-state index contributed by atoms with van der Waals surface area (Å²) >= 11 is 6.35. The molecule has 0 saturated carbocycles. The molecule has 108 valence electrons. The fourth-order valence-electron chi connectivity index (χ4n) is 2.47. The first-order valence-corrected chi connectivity index (χ1v) is 7.59. The largest absolute Gasteiger partial charge is 0.326 e. The van der Waals surface area contributed by atoms with Crippen LogP contribution in [0.15, 0.2) is 24.3 Å². The molecule has 0 radical (unpaired) electrons. The summed E-state index contributed by atoms with van der Waals surface area (Å²) in [6.07, 6.45) is 2.13. The summed E-state index contributed by atoms with van der Waals surface area (Å²) in [6, 6.07) is 8.34. The lowest BCUT2D eigenvalue weighted by atomic mass is 9.95.